The Balaban J connectivity index is 1.28. The average molecular weight is 532 g/mol. The van der Waals surface area contributed by atoms with Gasteiger partial charge in [0.2, 0.25) is 5.91 Å². The van der Waals surface area contributed by atoms with E-state index in [0.717, 1.165) is 47.8 Å². The lowest BCUT2D eigenvalue weighted by atomic mass is 9.94. The number of carbonyl (C=O) groups is 3. The Morgan fingerprint density at radius 2 is 1.77 bits per heavy atom. The number of benzene rings is 2. The van der Waals surface area contributed by atoms with Crippen LogP contribution < -0.4 is 5.32 Å². The predicted molar refractivity (Wildman–Crippen MR) is 151 cm³/mol. The minimum absolute atomic E-state index is 0.128. The number of hydrogen-bond donors (Lipinski definition) is 1. The van der Waals surface area contributed by atoms with Gasteiger partial charge in [0.1, 0.15) is 6.61 Å². The Bertz CT molecular complexity index is 1290. The van der Waals surface area contributed by atoms with Gasteiger partial charge in [0.15, 0.2) is 0 Å². The molecule has 1 saturated heterocycles. The molecular weight excluding hydrogens is 494 g/mol. The molecule has 1 aliphatic rings. The normalized spacial score (nSPS) is 14.9. The van der Waals surface area contributed by atoms with E-state index in [2.05, 4.69) is 33.0 Å². The molecule has 2 aromatic carbocycles. The molecule has 206 valence electrons. The van der Waals surface area contributed by atoms with Crippen molar-refractivity contribution in [2.75, 3.05) is 20.2 Å². The maximum absolute atomic E-state index is 12.5. The number of aromatic nitrogens is 1. The fourth-order valence-corrected chi connectivity index (χ4v) is 4.97. The Hall–Kier alpha value is -4.07. The topological polar surface area (TPSA) is 89.9 Å². The molecule has 39 heavy (non-hydrogen) atoms. The van der Waals surface area contributed by atoms with Crippen molar-refractivity contribution in [1.29, 1.82) is 0 Å². The van der Waals surface area contributed by atoms with E-state index in [4.69, 9.17) is 4.74 Å². The molecule has 0 bridgehead atoms. The Kier molecular flexibility index (Phi) is 9.78. The summed E-state index contributed by atoms with van der Waals surface area (Å²) < 4.78 is 12.4. The highest BCUT2D eigenvalue weighted by atomic mass is 16.6. The van der Waals surface area contributed by atoms with E-state index >= 15 is 0 Å². The van der Waals surface area contributed by atoms with Crippen LogP contribution in [0.2, 0.25) is 0 Å². The van der Waals surface area contributed by atoms with Crippen molar-refractivity contribution in [1.82, 2.24) is 14.8 Å². The van der Waals surface area contributed by atoms with Crippen LogP contribution in [0, 0.1) is 5.92 Å². The summed E-state index contributed by atoms with van der Waals surface area (Å²) in [5.41, 5.74) is 3.08. The molecule has 1 N–H and O–H groups in total. The van der Waals surface area contributed by atoms with Crippen LogP contribution in [0.15, 0.2) is 66.9 Å². The number of hydrogen-bond acceptors (Lipinski definition) is 5. The predicted octanol–water partition coefficient (Wildman–Crippen LogP) is 5.16. The Labute approximate surface area is 229 Å². The number of carbonyl (C=O) groups excluding carboxylic acids is 3. The number of para-hydroxylation sites is 1. The van der Waals surface area contributed by atoms with Gasteiger partial charge in [-0.2, -0.15) is 0 Å². The van der Waals surface area contributed by atoms with Crippen LogP contribution in [0.5, 0.6) is 0 Å². The summed E-state index contributed by atoms with van der Waals surface area (Å²) in [6.45, 7) is 4.35. The first-order valence-corrected chi connectivity index (χ1v) is 13.5. The summed E-state index contributed by atoms with van der Waals surface area (Å²) in [5.74, 6) is -0.0776. The molecule has 0 saturated carbocycles. The highest BCUT2D eigenvalue weighted by molar-refractivity contribution is 5.96. The second kappa shape index (κ2) is 13.6. The lowest BCUT2D eigenvalue weighted by Crippen LogP contribution is -2.38. The molecule has 1 atom stereocenters. The van der Waals surface area contributed by atoms with Crippen LogP contribution in [0.3, 0.4) is 0 Å². The van der Waals surface area contributed by atoms with Crippen molar-refractivity contribution in [2.45, 2.75) is 51.8 Å². The minimum atomic E-state index is -0.358. The lowest BCUT2D eigenvalue weighted by Gasteiger charge is -2.31. The molecule has 0 aliphatic carbocycles. The Morgan fingerprint density at radius 1 is 1.05 bits per heavy atom. The molecular formula is C31H37N3O5. The minimum Gasteiger partial charge on any atom is -0.469 e. The molecule has 1 aliphatic heterocycles. The second-order valence-electron chi connectivity index (χ2n) is 10.1. The standard InChI is InChI=1S/C31H37N3O5/c1-23(20-30(36)38-2)32-29(35)13-12-26-21-34(28-11-7-6-10-27(26)28)19-16-24-14-17-33(18-15-24)31(37)39-22-25-8-4-3-5-9-25/h3-13,21,23-24H,14-20,22H2,1-2H3,(H,32,35). The quantitative estimate of drug-likeness (QED) is 0.288. The van der Waals surface area contributed by atoms with E-state index in [1.807, 2.05) is 53.4 Å². The largest absolute Gasteiger partial charge is 0.469 e. The number of esters is 1. The van der Waals surface area contributed by atoms with Crippen molar-refractivity contribution in [3.63, 3.8) is 0 Å². The molecule has 0 radical (unpaired) electrons. The summed E-state index contributed by atoms with van der Waals surface area (Å²) >= 11 is 0. The van der Waals surface area contributed by atoms with E-state index < -0.39 is 0 Å². The Morgan fingerprint density at radius 3 is 2.51 bits per heavy atom. The first-order valence-electron chi connectivity index (χ1n) is 13.5. The molecule has 4 rings (SSSR count). The molecule has 0 spiro atoms. The van der Waals surface area contributed by atoms with Crippen molar-refractivity contribution >= 4 is 34.9 Å². The van der Waals surface area contributed by atoms with Gasteiger partial charge >= 0.3 is 12.1 Å². The molecule has 3 aromatic rings. The number of nitrogens with one attached hydrogen (secondary N) is 1. The number of amides is 2. The van der Waals surface area contributed by atoms with Crippen LogP contribution in [0.1, 0.15) is 43.7 Å². The van der Waals surface area contributed by atoms with Crippen molar-refractivity contribution in [3.05, 3.63) is 78.0 Å². The van der Waals surface area contributed by atoms with E-state index in [-0.39, 0.29) is 30.4 Å². The van der Waals surface area contributed by atoms with Gasteiger partial charge in [0, 0.05) is 54.4 Å². The van der Waals surface area contributed by atoms with Crippen molar-refractivity contribution < 1.29 is 23.9 Å². The zero-order chi connectivity index (χ0) is 27.6. The van der Waals surface area contributed by atoms with Gasteiger partial charge in [-0.15, -0.1) is 0 Å². The van der Waals surface area contributed by atoms with Gasteiger partial charge in [-0.05, 0) is 49.8 Å². The first-order chi connectivity index (χ1) is 18.9. The molecule has 1 fully saturated rings. The average Bonchev–Trinajstić information content (AvgIpc) is 3.32. The number of methoxy groups -OCH3 is 1. The van der Waals surface area contributed by atoms with Crippen molar-refractivity contribution in [3.8, 4) is 0 Å². The van der Waals surface area contributed by atoms with Gasteiger partial charge in [0.25, 0.3) is 0 Å². The highest BCUT2D eigenvalue weighted by Gasteiger charge is 2.24. The van der Waals surface area contributed by atoms with Crippen LogP contribution in [0.25, 0.3) is 17.0 Å². The summed E-state index contributed by atoms with van der Waals surface area (Å²) in [5, 5.41) is 3.88. The van der Waals surface area contributed by atoms with Gasteiger partial charge in [-0.25, -0.2) is 4.79 Å². The maximum atomic E-state index is 12.5. The summed E-state index contributed by atoms with van der Waals surface area (Å²) in [6.07, 6.45) is 8.22. The number of piperidine rings is 1. The van der Waals surface area contributed by atoms with E-state index in [9.17, 15) is 14.4 Å². The SMILES string of the molecule is COC(=O)CC(C)NC(=O)C=Cc1cn(CCC2CCN(C(=O)OCc3ccccc3)CC2)c2ccccc12. The fourth-order valence-electron chi connectivity index (χ4n) is 4.97. The van der Waals surface area contributed by atoms with Crippen LogP contribution in [-0.2, 0) is 32.2 Å². The first kappa shape index (κ1) is 28.0. The number of rotatable bonds is 10. The van der Waals surface area contributed by atoms with E-state index in [1.165, 1.54) is 13.2 Å². The van der Waals surface area contributed by atoms with Crippen LogP contribution >= 0.6 is 0 Å². The zero-order valence-corrected chi connectivity index (χ0v) is 22.7. The van der Waals surface area contributed by atoms with Gasteiger partial charge < -0.3 is 24.3 Å². The number of ether oxygens (including phenoxy) is 2. The smallest absolute Gasteiger partial charge is 0.410 e. The molecule has 2 amide bonds. The summed E-state index contributed by atoms with van der Waals surface area (Å²) in [4.78, 5) is 38.1. The van der Waals surface area contributed by atoms with Gasteiger partial charge in [-0.1, -0.05) is 48.5 Å². The van der Waals surface area contributed by atoms with Crippen LogP contribution in [0.4, 0.5) is 4.79 Å². The van der Waals surface area contributed by atoms with E-state index in [0.29, 0.717) is 25.6 Å². The number of fused-ring (bicyclic) bond motifs is 1. The molecule has 2 heterocycles. The molecule has 1 aromatic heterocycles. The van der Waals surface area contributed by atoms with E-state index in [1.54, 1.807) is 6.92 Å². The number of aryl methyl sites for hydroxylation is 1. The molecule has 8 heteroatoms. The third-order valence-corrected chi connectivity index (χ3v) is 7.18. The zero-order valence-electron chi connectivity index (χ0n) is 22.7. The number of nitrogens with zero attached hydrogens (tertiary/aromatic N) is 2. The molecule has 8 nitrogen and oxygen atoms in total. The van der Waals surface area contributed by atoms with Crippen molar-refractivity contribution in [2.24, 2.45) is 5.92 Å². The number of likely N-dealkylation sites (tertiary alicyclic amines) is 1. The molecule has 1 unspecified atom stereocenters. The van der Waals surface area contributed by atoms with Crippen LogP contribution in [-0.4, -0.2) is 53.7 Å². The second-order valence-corrected chi connectivity index (χ2v) is 10.1. The monoisotopic (exact) mass is 531 g/mol. The summed E-state index contributed by atoms with van der Waals surface area (Å²) in [7, 11) is 1.33. The third-order valence-electron chi connectivity index (χ3n) is 7.18. The van der Waals surface area contributed by atoms with Gasteiger partial charge in [-0.3, -0.25) is 9.59 Å². The third kappa shape index (κ3) is 7.96. The highest BCUT2D eigenvalue weighted by Crippen LogP contribution is 2.26. The summed E-state index contributed by atoms with van der Waals surface area (Å²) in [6, 6.07) is 17.6. The van der Waals surface area contributed by atoms with Gasteiger partial charge in [0.05, 0.1) is 13.5 Å². The maximum Gasteiger partial charge on any atom is 0.410 e. The fraction of sp³-hybridized carbons (Fsp3) is 0.387. The lowest BCUT2D eigenvalue weighted by molar-refractivity contribution is -0.141.